The summed E-state index contributed by atoms with van der Waals surface area (Å²) in [4.78, 5) is 7.02. The van der Waals surface area contributed by atoms with Crippen LogP contribution < -0.4 is 0 Å². The molecule has 4 nitrogen and oxygen atoms in total. The number of ether oxygens (including phenoxy) is 1. The number of halogens is 1. The minimum absolute atomic E-state index is 0.0667. The maximum Gasteiger partial charge on any atom is 0.106 e. The van der Waals surface area contributed by atoms with Gasteiger partial charge in [0.05, 0.1) is 17.8 Å². The number of unbranched alkanes of at least 4 members (excludes halogenated alkanes) is 1. The Balaban J connectivity index is 2.21. The molecule has 30 heavy (non-hydrogen) atoms. The van der Waals surface area contributed by atoms with E-state index in [0.717, 1.165) is 58.2 Å². The van der Waals surface area contributed by atoms with Gasteiger partial charge in [0.1, 0.15) is 6.10 Å². The van der Waals surface area contributed by atoms with E-state index in [4.69, 9.17) is 21.3 Å². The van der Waals surface area contributed by atoms with Crippen LogP contribution in [0.1, 0.15) is 42.7 Å². The van der Waals surface area contributed by atoms with Gasteiger partial charge in [-0.3, -0.25) is 4.98 Å². The van der Waals surface area contributed by atoms with Crippen molar-refractivity contribution >= 4 is 22.5 Å². The predicted octanol–water partition coefficient (Wildman–Crippen LogP) is 5.78. The predicted molar refractivity (Wildman–Crippen MR) is 125 cm³/mol. The number of benzene rings is 2. The smallest absolute Gasteiger partial charge is 0.106 e. The quantitative estimate of drug-likeness (QED) is 0.441. The Kier molecular flexibility index (Phi) is 7.84. The van der Waals surface area contributed by atoms with Gasteiger partial charge in [-0.25, -0.2) is 0 Å². The van der Waals surface area contributed by atoms with Gasteiger partial charge in [0, 0.05) is 23.6 Å². The minimum atomic E-state index is -0.381. The SMILES string of the molecule is CCCCOC(CO)c1c(C)cc2nc(CN(C)C)ccc2c1-c1ccc(Cl)cc1. The Labute approximate surface area is 184 Å². The topological polar surface area (TPSA) is 45.6 Å². The van der Waals surface area contributed by atoms with Crippen LogP contribution in [0.2, 0.25) is 5.02 Å². The van der Waals surface area contributed by atoms with Crippen LogP contribution in [0.25, 0.3) is 22.0 Å². The van der Waals surface area contributed by atoms with Gasteiger partial charge in [0.15, 0.2) is 0 Å². The van der Waals surface area contributed by atoms with Crippen LogP contribution in [0.4, 0.5) is 0 Å². The maximum absolute atomic E-state index is 10.2. The first-order chi connectivity index (χ1) is 14.4. The summed E-state index contributed by atoms with van der Waals surface area (Å²) in [5.74, 6) is 0. The number of fused-ring (bicyclic) bond motifs is 1. The summed E-state index contributed by atoms with van der Waals surface area (Å²) in [5.41, 5.74) is 6.16. The molecule has 0 aliphatic heterocycles. The van der Waals surface area contributed by atoms with E-state index >= 15 is 0 Å². The third-order valence-corrected chi connectivity index (χ3v) is 5.47. The van der Waals surface area contributed by atoms with Gasteiger partial charge >= 0.3 is 0 Å². The van der Waals surface area contributed by atoms with Crippen molar-refractivity contribution in [2.24, 2.45) is 0 Å². The van der Waals surface area contributed by atoms with E-state index in [1.165, 1.54) is 0 Å². The summed E-state index contributed by atoms with van der Waals surface area (Å²) in [6.45, 7) is 5.55. The van der Waals surface area contributed by atoms with E-state index < -0.39 is 0 Å². The number of aliphatic hydroxyl groups excluding tert-OH is 1. The van der Waals surface area contributed by atoms with Crippen molar-refractivity contribution < 1.29 is 9.84 Å². The second-order valence-corrected chi connectivity index (χ2v) is 8.43. The molecule has 0 spiro atoms. The Hall–Kier alpha value is -1.98. The van der Waals surface area contributed by atoms with E-state index in [0.29, 0.717) is 11.6 Å². The average molecular weight is 427 g/mol. The fourth-order valence-corrected chi connectivity index (χ4v) is 3.94. The van der Waals surface area contributed by atoms with Crippen LogP contribution >= 0.6 is 11.6 Å². The molecule has 0 aliphatic carbocycles. The van der Waals surface area contributed by atoms with E-state index in [2.05, 4.69) is 36.9 Å². The highest BCUT2D eigenvalue weighted by Gasteiger charge is 2.22. The van der Waals surface area contributed by atoms with Crippen LogP contribution in [0.3, 0.4) is 0 Å². The van der Waals surface area contributed by atoms with Gasteiger partial charge in [-0.15, -0.1) is 0 Å². The van der Waals surface area contributed by atoms with Gasteiger partial charge < -0.3 is 14.7 Å². The number of aliphatic hydroxyl groups is 1. The maximum atomic E-state index is 10.2. The van der Waals surface area contributed by atoms with Crippen LogP contribution in [-0.4, -0.2) is 42.3 Å². The van der Waals surface area contributed by atoms with E-state index in [1.54, 1.807) is 0 Å². The van der Waals surface area contributed by atoms with Crippen LogP contribution in [0, 0.1) is 6.92 Å². The second-order valence-electron chi connectivity index (χ2n) is 7.99. The highest BCUT2D eigenvalue weighted by Crippen LogP contribution is 2.39. The fourth-order valence-electron chi connectivity index (χ4n) is 3.82. The van der Waals surface area contributed by atoms with Gasteiger partial charge in [-0.1, -0.05) is 43.1 Å². The molecule has 5 heteroatoms. The van der Waals surface area contributed by atoms with E-state index in [1.807, 2.05) is 38.4 Å². The van der Waals surface area contributed by atoms with E-state index in [-0.39, 0.29) is 12.7 Å². The number of hydrogen-bond acceptors (Lipinski definition) is 4. The summed E-state index contributed by atoms with van der Waals surface area (Å²) < 4.78 is 6.11. The molecule has 0 aliphatic rings. The first-order valence-electron chi connectivity index (χ1n) is 10.5. The molecule has 0 saturated heterocycles. The molecule has 3 rings (SSSR count). The molecule has 1 aromatic heterocycles. The summed E-state index contributed by atoms with van der Waals surface area (Å²) in [7, 11) is 4.08. The molecule has 0 radical (unpaired) electrons. The number of pyridine rings is 1. The Bertz CT molecular complexity index is 987. The van der Waals surface area contributed by atoms with Crippen molar-refractivity contribution in [2.75, 3.05) is 27.3 Å². The van der Waals surface area contributed by atoms with Crippen molar-refractivity contribution in [3.8, 4) is 11.1 Å². The molecule has 1 N–H and O–H groups in total. The zero-order chi connectivity index (χ0) is 21.7. The van der Waals surface area contributed by atoms with Crippen LogP contribution in [-0.2, 0) is 11.3 Å². The molecule has 3 aromatic rings. The van der Waals surface area contributed by atoms with Crippen LogP contribution in [0.5, 0.6) is 0 Å². The fraction of sp³-hybridized carbons (Fsp3) is 0.400. The van der Waals surface area contributed by atoms with Gasteiger partial charge in [-0.05, 0) is 74.0 Å². The lowest BCUT2D eigenvalue weighted by atomic mass is 9.88. The first kappa shape index (κ1) is 22.7. The molecular formula is C25H31ClN2O2. The van der Waals surface area contributed by atoms with E-state index in [9.17, 15) is 5.11 Å². The molecule has 0 fully saturated rings. The number of rotatable bonds is 9. The lowest BCUT2D eigenvalue weighted by Gasteiger charge is -2.24. The molecule has 1 heterocycles. The lowest BCUT2D eigenvalue weighted by Crippen LogP contribution is -2.14. The summed E-state index contributed by atoms with van der Waals surface area (Å²) in [5, 5.41) is 11.9. The highest BCUT2D eigenvalue weighted by molar-refractivity contribution is 6.30. The summed E-state index contributed by atoms with van der Waals surface area (Å²) in [6, 6.07) is 14.2. The zero-order valence-electron chi connectivity index (χ0n) is 18.3. The van der Waals surface area contributed by atoms with Crippen molar-refractivity contribution in [3.05, 3.63) is 64.3 Å². The number of aryl methyl sites for hydroxylation is 1. The molecule has 0 amide bonds. The van der Waals surface area contributed by atoms with Gasteiger partial charge in [-0.2, -0.15) is 0 Å². The van der Waals surface area contributed by atoms with Gasteiger partial charge in [0.25, 0.3) is 0 Å². The standard InChI is InChI=1S/C25H31ClN2O2/c1-5-6-13-30-23(16-29)24-17(2)14-22-21(12-11-20(27-22)15-28(3)4)25(24)18-7-9-19(26)10-8-18/h7-12,14,23,29H,5-6,13,15-16H2,1-4H3. The Morgan fingerprint density at radius 3 is 2.50 bits per heavy atom. The summed E-state index contributed by atoms with van der Waals surface area (Å²) >= 11 is 6.15. The van der Waals surface area contributed by atoms with Crippen molar-refractivity contribution in [2.45, 2.75) is 39.3 Å². The lowest BCUT2D eigenvalue weighted by molar-refractivity contribution is 0.0105. The molecule has 1 unspecified atom stereocenters. The average Bonchev–Trinajstić information content (AvgIpc) is 2.71. The van der Waals surface area contributed by atoms with Crippen molar-refractivity contribution in [1.29, 1.82) is 0 Å². The largest absolute Gasteiger partial charge is 0.393 e. The zero-order valence-corrected chi connectivity index (χ0v) is 19.0. The van der Waals surface area contributed by atoms with Crippen LogP contribution in [0.15, 0.2) is 42.5 Å². The third kappa shape index (κ3) is 5.19. The monoisotopic (exact) mass is 426 g/mol. The Morgan fingerprint density at radius 1 is 1.13 bits per heavy atom. The summed E-state index contributed by atoms with van der Waals surface area (Å²) in [6.07, 6.45) is 1.64. The molecule has 1 atom stereocenters. The molecule has 160 valence electrons. The molecular weight excluding hydrogens is 396 g/mol. The van der Waals surface area contributed by atoms with Crippen molar-refractivity contribution in [3.63, 3.8) is 0 Å². The van der Waals surface area contributed by atoms with Gasteiger partial charge in [0.2, 0.25) is 0 Å². The van der Waals surface area contributed by atoms with Crippen molar-refractivity contribution in [1.82, 2.24) is 9.88 Å². The molecule has 2 aromatic carbocycles. The molecule has 0 saturated carbocycles. The Morgan fingerprint density at radius 2 is 1.87 bits per heavy atom. The second kappa shape index (κ2) is 10.4. The minimum Gasteiger partial charge on any atom is -0.393 e. The normalized spacial score (nSPS) is 12.6. The first-order valence-corrected chi connectivity index (χ1v) is 10.9. The number of hydrogen-bond donors (Lipinski definition) is 1. The number of aromatic nitrogens is 1. The highest BCUT2D eigenvalue weighted by atomic mass is 35.5. The molecule has 0 bridgehead atoms. The third-order valence-electron chi connectivity index (χ3n) is 5.21. The number of nitrogens with zero attached hydrogens (tertiary/aromatic N) is 2.